The maximum Gasteiger partial charge on any atom is 0.319 e. The van der Waals surface area contributed by atoms with Crippen LogP contribution in [-0.2, 0) is 19.4 Å². The molecule has 5 nitrogen and oxygen atoms in total. The Bertz CT molecular complexity index is 368. The van der Waals surface area contributed by atoms with Gasteiger partial charge in [0.1, 0.15) is 0 Å². The zero-order chi connectivity index (χ0) is 14.6. The van der Waals surface area contributed by atoms with E-state index in [1.807, 2.05) is 13.8 Å². The van der Waals surface area contributed by atoms with Gasteiger partial charge in [-0.25, -0.2) is 8.42 Å². The number of carbonyl (C=O) groups excluding carboxylic acids is 1. The van der Waals surface area contributed by atoms with E-state index in [9.17, 15) is 13.2 Å². The SMILES string of the molecule is COC(=O)CN(CCS(=O)(=O)C(C)(C)C)C(C)C. The van der Waals surface area contributed by atoms with Crippen molar-refractivity contribution in [3.05, 3.63) is 0 Å². The molecule has 0 atom stereocenters. The van der Waals surface area contributed by atoms with Gasteiger partial charge in [-0.2, -0.15) is 0 Å². The number of sulfone groups is 1. The number of methoxy groups -OCH3 is 1. The normalized spacial score (nSPS) is 13.1. The van der Waals surface area contributed by atoms with E-state index in [1.54, 1.807) is 25.7 Å². The Hall–Kier alpha value is -0.620. The first kappa shape index (κ1) is 17.4. The molecule has 0 fully saturated rings. The number of rotatable bonds is 6. The average molecular weight is 279 g/mol. The highest BCUT2D eigenvalue weighted by Crippen LogP contribution is 2.16. The molecule has 0 N–H and O–H groups in total. The minimum Gasteiger partial charge on any atom is -0.468 e. The fraction of sp³-hybridized carbons (Fsp3) is 0.917. The molecule has 0 aliphatic rings. The number of hydrogen-bond acceptors (Lipinski definition) is 5. The van der Waals surface area contributed by atoms with Crippen molar-refractivity contribution in [1.82, 2.24) is 4.90 Å². The summed E-state index contributed by atoms with van der Waals surface area (Å²) in [6, 6.07) is 0.0965. The van der Waals surface area contributed by atoms with Crippen LogP contribution in [0.2, 0.25) is 0 Å². The number of esters is 1. The summed E-state index contributed by atoms with van der Waals surface area (Å²) in [6.07, 6.45) is 0. The Morgan fingerprint density at radius 3 is 2.11 bits per heavy atom. The van der Waals surface area contributed by atoms with E-state index in [0.717, 1.165) is 0 Å². The Labute approximate surface area is 110 Å². The summed E-state index contributed by atoms with van der Waals surface area (Å²) in [6.45, 7) is 9.35. The molecule has 0 aromatic heterocycles. The Morgan fingerprint density at radius 1 is 1.28 bits per heavy atom. The third kappa shape index (κ3) is 5.35. The highest BCUT2D eigenvalue weighted by Gasteiger charge is 2.29. The molecule has 0 saturated carbocycles. The molecule has 0 aromatic carbocycles. The summed E-state index contributed by atoms with van der Waals surface area (Å²) in [4.78, 5) is 13.0. The second-order valence-electron chi connectivity index (χ2n) is 5.57. The molecule has 0 saturated heterocycles. The number of ether oxygens (including phenoxy) is 1. The lowest BCUT2D eigenvalue weighted by Gasteiger charge is -2.27. The first-order valence-corrected chi connectivity index (χ1v) is 7.69. The van der Waals surface area contributed by atoms with Gasteiger partial charge in [0, 0.05) is 12.6 Å². The first-order chi connectivity index (χ1) is 8.01. The van der Waals surface area contributed by atoms with E-state index < -0.39 is 14.6 Å². The van der Waals surface area contributed by atoms with Crippen molar-refractivity contribution in [2.75, 3.05) is 26.0 Å². The Balaban J connectivity index is 4.60. The largest absolute Gasteiger partial charge is 0.468 e. The molecule has 0 spiro atoms. The van der Waals surface area contributed by atoms with Crippen LogP contribution in [0, 0.1) is 0 Å². The summed E-state index contributed by atoms with van der Waals surface area (Å²) >= 11 is 0. The van der Waals surface area contributed by atoms with Crippen LogP contribution >= 0.6 is 0 Å². The standard InChI is InChI=1S/C12H25NO4S/c1-10(2)13(9-11(14)17-6)7-8-18(15,16)12(3,4)5/h10H,7-9H2,1-6H3. The maximum atomic E-state index is 12.0. The predicted molar refractivity (Wildman–Crippen MR) is 72.3 cm³/mol. The average Bonchev–Trinajstić information content (AvgIpc) is 2.21. The van der Waals surface area contributed by atoms with Gasteiger partial charge in [-0.15, -0.1) is 0 Å². The van der Waals surface area contributed by atoms with Crippen LogP contribution in [0.4, 0.5) is 0 Å². The van der Waals surface area contributed by atoms with Crippen molar-refractivity contribution in [3.63, 3.8) is 0 Å². The number of carbonyl (C=O) groups is 1. The second-order valence-corrected chi connectivity index (χ2v) is 8.43. The molecule has 0 amide bonds. The van der Waals surface area contributed by atoms with Crippen LogP contribution < -0.4 is 0 Å². The molecule has 0 heterocycles. The van der Waals surface area contributed by atoms with E-state index in [-0.39, 0.29) is 24.3 Å². The maximum absolute atomic E-state index is 12.0. The van der Waals surface area contributed by atoms with Crippen molar-refractivity contribution in [1.29, 1.82) is 0 Å². The summed E-state index contributed by atoms with van der Waals surface area (Å²) < 4.78 is 27.8. The molecule has 0 bridgehead atoms. The third-order valence-electron chi connectivity index (χ3n) is 2.87. The van der Waals surface area contributed by atoms with Crippen LogP contribution in [-0.4, -0.2) is 56.0 Å². The van der Waals surface area contributed by atoms with Gasteiger partial charge in [-0.05, 0) is 34.6 Å². The van der Waals surface area contributed by atoms with Gasteiger partial charge in [0.05, 0.1) is 24.2 Å². The van der Waals surface area contributed by atoms with Gasteiger partial charge >= 0.3 is 5.97 Å². The van der Waals surface area contributed by atoms with Gasteiger partial charge < -0.3 is 4.74 Å². The summed E-state index contributed by atoms with van der Waals surface area (Å²) in [5.41, 5.74) is 0. The van der Waals surface area contributed by atoms with Crippen LogP contribution in [0.3, 0.4) is 0 Å². The lowest BCUT2D eigenvalue weighted by molar-refractivity contribution is -0.142. The van der Waals surface area contributed by atoms with Gasteiger partial charge in [0.25, 0.3) is 0 Å². The molecular weight excluding hydrogens is 254 g/mol. The summed E-state index contributed by atoms with van der Waals surface area (Å²) in [5.74, 6) is -0.303. The van der Waals surface area contributed by atoms with E-state index >= 15 is 0 Å². The lowest BCUT2D eigenvalue weighted by Crippen LogP contribution is -2.42. The third-order valence-corrected chi connectivity index (χ3v) is 5.46. The van der Waals surface area contributed by atoms with Crippen LogP contribution in [0.1, 0.15) is 34.6 Å². The smallest absolute Gasteiger partial charge is 0.319 e. The molecule has 0 aromatic rings. The topological polar surface area (TPSA) is 63.7 Å². The number of nitrogens with zero attached hydrogens (tertiary/aromatic N) is 1. The van der Waals surface area contributed by atoms with E-state index in [1.165, 1.54) is 7.11 Å². The molecular formula is C12H25NO4S. The minimum absolute atomic E-state index is 0.0473. The van der Waals surface area contributed by atoms with E-state index in [4.69, 9.17) is 0 Å². The highest BCUT2D eigenvalue weighted by atomic mass is 32.2. The van der Waals surface area contributed by atoms with Crippen LogP contribution in [0.15, 0.2) is 0 Å². The molecule has 0 rings (SSSR count). The molecule has 18 heavy (non-hydrogen) atoms. The zero-order valence-electron chi connectivity index (χ0n) is 12.2. The quantitative estimate of drug-likeness (QED) is 0.681. The Morgan fingerprint density at radius 2 is 1.78 bits per heavy atom. The lowest BCUT2D eigenvalue weighted by atomic mass is 10.3. The minimum atomic E-state index is -3.16. The zero-order valence-corrected chi connectivity index (χ0v) is 13.0. The van der Waals surface area contributed by atoms with Crippen LogP contribution in [0.25, 0.3) is 0 Å². The van der Waals surface area contributed by atoms with Crippen molar-refractivity contribution >= 4 is 15.8 Å². The van der Waals surface area contributed by atoms with Gasteiger partial charge in [-0.1, -0.05) is 0 Å². The fourth-order valence-corrected chi connectivity index (χ4v) is 2.38. The van der Waals surface area contributed by atoms with E-state index in [2.05, 4.69) is 4.74 Å². The fourth-order valence-electron chi connectivity index (χ4n) is 1.29. The molecule has 0 unspecified atom stereocenters. The van der Waals surface area contributed by atoms with Gasteiger partial charge in [0.15, 0.2) is 9.84 Å². The molecule has 108 valence electrons. The van der Waals surface area contributed by atoms with Crippen LogP contribution in [0.5, 0.6) is 0 Å². The van der Waals surface area contributed by atoms with Crippen molar-refractivity contribution < 1.29 is 17.9 Å². The summed E-state index contributed by atoms with van der Waals surface area (Å²) in [7, 11) is -1.84. The van der Waals surface area contributed by atoms with Crippen molar-refractivity contribution in [2.24, 2.45) is 0 Å². The number of hydrogen-bond donors (Lipinski definition) is 0. The first-order valence-electron chi connectivity index (χ1n) is 6.04. The second kappa shape index (κ2) is 6.52. The highest BCUT2D eigenvalue weighted by molar-refractivity contribution is 7.92. The van der Waals surface area contributed by atoms with Gasteiger partial charge in [0.2, 0.25) is 0 Å². The van der Waals surface area contributed by atoms with E-state index in [0.29, 0.717) is 6.54 Å². The molecule has 0 aliphatic heterocycles. The predicted octanol–water partition coefficient (Wildman–Crippen LogP) is 1.08. The summed E-state index contributed by atoms with van der Waals surface area (Å²) in [5, 5.41) is 0. The van der Waals surface area contributed by atoms with Crippen molar-refractivity contribution in [3.8, 4) is 0 Å². The monoisotopic (exact) mass is 279 g/mol. The molecule has 0 radical (unpaired) electrons. The Kier molecular flexibility index (Phi) is 6.29. The van der Waals surface area contributed by atoms with Gasteiger partial charge in [-0.3, -0.25) is 9.69 Å². The molecule has 6 heteroatoms. The molecule has 0 aliphatic carbocycles. The van der Waals surface area contributed by atoms with Crippen molar-refractivity contribution in [2.45, 2.75) is 45.4 Å².